The molecule has 1 saturated carbocycles. The highest BCUT2D eigenvalue weighted by atomic mass is 16.5. The molecular weight excluding hydrogens is 202 g/mol. The number of hydrogen-bond acceptors (Lipinski definition) is 3. The second-order valence-corrected chi connectivity index (χ2v) is 5.41. The van der Waals surface area contributed by atoms with Crippen LogP contribution in [0.1, 0.15) is 33.1 Å². The van der Waals surface area contributed by atoms with Crippen molar-refractivity contribution >= 4 is 0 Å². The minimum Gasteiger partial charge on any atom is -0.382 e. The lowest BCUT2D eigenvalue weighted by Gasteiger charge is -2.34. The van der Waals surface area contributed by atoms with Crippen LogP contribution in [0.15, 0.2) is 0 Å². The quantitative estimate of drug-likeness (QED) is 0.709. The van der Waals surface area contributed by atoms with Gasteiger partial charge in [0.1, 0.15) is 0 Å². The molecule has 3 atom stereocenters. The smallest absolute Gasteiger partial charge is 0.0701 e. The second-order valence-electron chi connectivity index (χ2n) is 5.41. The van der Waals surface area contributed by atoms with E-state index in [0.29, 0.717) is 25.7 Å². The average Bonchev–Trinajstić information content (AvgIpc) is 2.22. The van der Waals surface area contributed by atoms with Crippen LogP contribution in [0.2, 0.25) is 0 Å². The van der Waals surface area contributed by atoms with Gasteiger partial charge >= 0.3 is 0 Å². The Bertz CT molecular complexity index is 177. The summed E-state index contributed by atoms with van der Waals surface area (Å²) < 4.78 is 10.4. The van der Waals surface area contributed by atoms with E-state index >= 15 is 0 Å². The summed E-state index contributed by atoms with van der Waals surface area (Å²) in [4.78, 5) is 0. The molecule has 2 N–H and O–H groups in total. The maximum Gasteiger partial charge on any atom is 0.0701 e. The molecule has 1 fully saturated rings. The van der Waals surface area contributed by atoms with Crippen LogP contribution in [0.3, 0.4) is 0 Å². The Morgan fingerprint density at radius 2 is 1.75 bits per heavy atom. The molecule has 0 saturated heterocycles. The molecule has 0 aromatic carbocycles. The minimum absolute atomic E-state index is 0.196. The van der Waals surface area contributed by atoms with E-state index < -0.39 is 0 Å². The van der Waals surface area contributed by atoms with Gasteiger partial charge in [-0.25, -0.2) is 0 Å². The number of ether oxygens (including phenoxy) is 2. The molecule has 96 valence electrons. The zero-order chi connectivity index (χ0) is 12.0. The molecule has 0 heterocycles. The largest absolute Gasteiger partial charge is 0.382 e. The maximum absolute atomic E-state index is 6.19. The topological polar surface area (TPSA) is 44.5 Å². The summed E-state index contributed by atoms with van der Waals surface area (Å²) in [6.45, 7) is 6.65. The molecule has 0 radical (unpaired) electrons. The molecular formula is C13H27NO2. The molecule has 0 aromatic rings. The van der Waals surface area contributed by atoms with Crippen molar-refractivity contribution in [1.29, 1.82) is 0 Å². The fourth-order valence-electron chi connectivity index (χ4n) is 2.86. The Hall–Kier alpha value is -0.120. The lowest BCUT2D eigenvalue weighted by Crippen LogP contribution is -2.39. The molecule has 3 heteroatoms. The van der Waals surface area contributed by atoms with Crippen LogP contribution in [-0.4, -0.2) is 33.0 Å². The first-order valence-electron chi connectivity index (χ1n) is 6.45. The van der Waals surface area contributed by atoms with Crippen LogP contribution in [0.5, 0.6) is 0 Å². The number of hydrogen-bond donors (Lipinski definition) is 1. The van der Waals surface area contributed by atoms with Gasteiger partial charge in [0.15, 0.2) is 0 Å². The molecule has 3 unspecified atom stereocenters. The number of nitrogens with two attached hydrogens (primary N) is 1. The molecule has 0 aliphatic heterocycles. The Morgan fingerprint density at radius 3 is 2.31 bits per heavy atom. The van der Waals surface area contributed by atoms with Crippen molar-refractivity contribution in [3.63, 3.8) is 0 Å². The predicted molar refractivity (Wildman–Crippen MR) is 66.3 cm³/mol. The standard InChI is InChI=1S/C13H27NO2/c1-10-6-11(2)8-12(7-10)13(14)9-16-5-4-15-3/h10-13H,4-9,14H2,1-3H3. The van der Waals surface area contributed by atoms with Crippen LogP contribution < -0.4 is 5.73 Å². The third kappa shape index (κ3) is 4.81. The van der Waals surface area contributed by atoms with Gasteiger partial charge in [-0.05, 0) is 37.0 Å². The molecule has 0 aromatic heterocycles. The Morgan fingerprint density at radius 1 is 1.12 bits per heavy atom. The summed E-state index contributed by atoms with van der Waals surface area (Å²) in [5, 5.41) is 0. The van der Waals surface area contributed by atoms with Crippen molar-refractivity contribution in [2.75, 3.05) is 26.9 Å². The summed E-state index contributed by atoms with van der Waals surface area (Å²) in [7, 11) is 1.69. The first-order valence-corrected chi connectivity index (χ1v) is 6.45. The average molecular weight is 229 g/mol. The summed E-state index contributed by atoms with van der Waals surface area (Å²) in [5.41, 5.74) is 6.19. The molecule has 0 amide bonds. The lowest BCUT2D eigenvalue weighted by atomic mass is 9.74. The summed E-state index contributed by atoms with van der Waals surface area (Å²) in [6, 6.07) is 0.196. The highest BCUT2D eigenvalue weighted by Crippen LogP contribution is 2.34. The highest BCUT2D eigenvalue weighted by Gasteiger charge is 2.28. The fraction of sp³-hybridized carbons (Fsp3) is 1.00. The second kappa shape index (κ2) is 7.25. The third-order valence-electron chi connectivity index (χ3n) is 3.56. The van der Waals surface area contributed by atoms with Gasteiger partial charge in [0.25, 0.3) is 0 Å². The summed E-state index contributed by atoms with van der Waals surface area (Å²) in [6.07, 6.45) is 3.88. The van der Waals surface area contributed by atoms with Crippen molar-refractivity contribution in [3.8, 4) is 0 Å². The Balaban J connectivity index is 2.21. The van der Waals surface area contributed by atoms with Gasteiger partial charge in [-0.1, -0.05) is 13.8 Å². The molecule has 0 spiro atoms. The van der Waals surface area contributed by atoms with Crippen LogP contribution >= 0.6 is 0 Å². The first kappa shape index (κ1) is 13.9. The minimum atomic E-state index is 0.196. The van der Waals surface area contributed by atoms with E-state index in [1.165, 1.54) is 19.3 Å². The van der Waals surface area contributed by atoms with Crippen LogP contribution in [0.25, 0.3) is 0 Å². The van der Waals surface area contributed by atoms with Crippen LogP contribution in [0, 0.1) is 17.8 Å². The summed E-state index contributed by atoms with van der Waals surface area (Å²) >= 11 is 0. The Labute approximate surface area is 99.7 Å². The number of rotatable bonds is 6. The van der Waals surface area contributed by atoms with Gasteiger partial charge in [-0.15, -0.1) is 0 Å². The van der Waals surface area contributed by atoms with E-state index in [9.17, 15) is 0 Å². The maximum atomic E-state index is 6.19. The normalized spacial score (nSPS) is 32.6. The molecule has 16 heavy (non-hydrogen) atoms. The van der Waals surface area contributed by atoms with Gasteiger partial charge in [0.05, 0.1) is 19.8 Å². The molecule has 1 rings (SSSR count). The SMILES string of the molecule is COCCOCC(N)C1CC(C)CC(C)C1. The van der Waals surface area contributed by atoms with E-state index in [0.717, 1.165) is 11.8 Å². The predicted octanol–water partition coefficient (Wildman–Crippen LogP) is 2.05. The van der Waals surface area contributed by atoms with Crippen molar-refractivity contribution in [3.05, 3.63) is 0 Å². The monoisotopic (exact) mass is 229 g/mol. The fourth-order valence-corrected chi connectivity index (χ4v) is 2.86. The van der Waals surface area contributed by atoms with Crippen LogP contribution in [-0.2, 0) is 9.47 Å². The van der Waals surface area contributed by atoms with Gasteiger partial charge in [-0.2, -0.15) is 0 Å². The van der Waals surface area contributed by atoms with Gasteiger partial charge in [0, 0.05) is 13.2 Å². The van der Waals surface area contributed by atoms with Crippen LogP contribution in [0.4, 0.5) is 0 Å². The van der Waals surface area contributed by atoms with Crippen molar-refractivity contribution in [1.82, 2.24) is 0 Å². The van der Waals surface area contributed by atoms with Crippen molar-refractivity contribution in [2.24, 2.45) is 23.5 Å². The zero-order valence-corrected chi connectivity index (χ0v) is 10.9. The van der Waals surface area contributed by atoms with Gasteiger partial charge in [0.2, 0.25) is 0 Å². The highest BCUT2D eigenvalue weighted by molar-refractivity contribution is 4.81. The molecule has 3 nitrogen and oxygen atoms in total. The molecule has 0 bridgehead atoms. The van der Waals surface area contributed by atoms with E-state index in [1.807, 2.05) is 0 Å². The number of methoxy groups -OCH3 is 1. The van der Waals surface area contributed by atoms with E-state index in [-0.39, 0.29) is 6.04 Å². The van der Waals surface area contributed by atoms with Gasteiger partial charge < -0.3 is 15.2 Å². The van der Waals surface area contributed by atoms with E-state index in [2.05, 4.69) is 13.8 Å². The lowest BCUT2D eigenvalue weighted by molar-refractivity contribution is 0.0468. The van der Waals surface area contributed by atoms with Crippen molar-refractivity contribution < 1.29 is 9.47 Å². The first-order chi connectivity index (χ1) is 7.63. The van der Waals surface area contributed by atoms with Crippen molar-refractivity contribution in [2.45, 2.75) is 39.2 Å². The van der Waals surface area contributed by atoms with E-state index in [4.69, 9.17) is 15.2 Å². The Kier molecular flexibility index (Phi) is 6.32. The summed E-state index contributed by atoms with van der Waals surface area (Å²) in [5.74, 6) is 2.28. The molecule has 1 aliphatic rings. The van der Waals surface area contributed by atoms with E-state index in [1.54, 1.807) is 7.11 Å². The van der Waals surface area contributed by atoms with Gasteiger partial charge in [-0.3, -0.25) is 0 Å². The zero-order valence-electron chi connectivity index (χ0n) is 10.9. The third-order valence-corrected chi connectivity index (χ3v) is 3.56. The molecule has 1 aliphatic carbocycles.